The van der Waals surface area contributed by atoms with E-state index in [1.54, 1.807) is 0 Å². The minimum absolute atomic E-state index is 0.0327. The molecule has 116 valence electrons. The van der Waals surface area contributed by atoms with E-state index in [4.69, 9.17) is 16.9 Å². The Bertz CT molecular complexity index is 782. The Balaban J connectivity index is 1.84. The Morgan fingerprint density at radius 2 is 2.17 bits per heavy atom. The molecular weight excluding hydrogens is 310 g/mol. The molecule has 2 aromatic rings. The van der Waals surface area contributed by atoms with Crippen LogP contribution in [0.2, 0.25) is 5.02 Å². The maximum Gasteiger partial charge on any atom is 0.271 e. The summed E-state index contributed by atoms with van der Waals surface area (Å²) in [4.78, 5) is 16.5. The number of rotatable bonds is 2. The van der Waals surface area contributed by atoms with Crippen molar-refractivity contribution in [1.82, 2.24) is 10.3 Å². The number of halogens is 1. The predicted molar refractivity (Wildman–Crippen MR) is 88.2 cm³/mol. The molecule has 1 atom stereocenters. The second-order valence-corrected chi connectivity index (χ2v) is 6.04. The Hall–Kier alpha value is -2.38. The molecule has 1 heterocycles. The van der Waals surface area contributed by atoms with Crippen LogP contribution in [0.25, 0.3) is 0 Å². The first-order valence-corrected chi connectivity index (χ1v) is 8.01. The van der Waals surface area contributed by atoms with Crippen LogP contribution in [0, 0.1) is 11.3 Å². The predicted octanol–water partition coefficient (Wildman–Crippen LogP) is 3.80. The van der Waals surface area contributed by atoms with Gasteiger partial charge in [-0.1, -0.05) is 42.3 Å². The molecule has 1 aromatic heterocycles. The molecule has 0 fully saturated rings. The van der Waals surface area contributed by atoms with Crippen LogP contribution < -0.4 is 5.32 Å². The maximum atomic E-state index is 12.5. The molecule has 1 aliphatic rings. The van der Waals surface area contributed by atoms with Crippen molar-refractivity contribution in [2.45, 2.75) is 31.7 Å². The summed E-state index contributed by atoms with van der Waals surface area (Å²) >= 11 is 6.08. The molecule has 0 spiro atoms. The van der Waals surface area contributed by atoms with Crippen molar-refractivity contribution < 1.29 is 4.79 Å². The van der Waals surface area contributed by atoms with Crippen LogP contribution in [-0.4, -0.2) is 10.9 Å². The van der Waals surface area contributed by atoms with E-state index >= 15 is 0 Å². The Kier molecular flexibility index (Phi) is 4.59. The van der Waals surface area contributed by atoms with Crippen LogP contribution in [0.5, 0.6) is 0 Å². The van der Waals surface area contributed by atoms with Crippen molar-refractivity contribution in [2.75, 3.05) is 0 Å². The fraction of sp³-hybridized carbons (Fsp3) is 0.278. The topological polar surface area (TPSA) is 65.8 Å². The molecule has 3 rings (SSSR count). The monoisotopic (exact) mass is 325 g/mol. The summed E-state index contributed by atoms with van der Waals surface area (Å²) in [6, 6.07) is 11.6. The first-order valence-electron chi connectivity index (χ1n) is 7.63. The van der Waals surface area contributed by atoms with Crippen LogP contribution in [0.1, 0.15) is 52.5 Å². The van der Waals surface area contributed by atoms with Gasteiger partial charge in [0.15, 0.2) is 0 Å². The molecule has 23 heavy (non-hydrogen) atoms. The molecule has 1 aliphatic carbocycles. The summed E-state index contributed by atoms with van der Waals surface area (Å²) in [5, 5.41) is 12.1. The lowest BCUT2D eigenvalue weighted by molar-refractivity contribution is 0.0929. The number of carbonyl (C=O) groups excluding carboxylic acids is 1. The number of pyridine rings is 1. The fourth-order valence-corrected chi connectivity index (χ4v) is 3.22. The molecule has 0 aliphatic heterocycles. The van der Waals surface area contributed by atoms with Gasteiger partial charge in [-0.25, -0.2) is 4.98 Å². The third-order valence-corrected chi connectivity index (χ3v) is 4.40. The van der Waals surface area contributed by atoms with Crippen molar-refractivity contribution in [1.29, 1.82) is 5.26 Å². The lowest BCUT2D eigenvalue weighted by Crippen LogP contribution is -2.29. The van der Waals surface area contributed by atoms with E-state index in [1.165, 1.54) is 23.4 Å². The number of nitrogens with one attached hydrogen (secondary N) is 1. The molecule has 5 heteroatoms. The number of amides is 1. The van der Waals surface area contributed by atoms with Gasteiger partial charge in [0.05, 0.1) is 16.6 Å². The van der Waals surface area contributed by atoms with E-state index in [1.807, 2.05) is 18.2 Å². The quantitative estimate of drug-likeness (QED) is 0.854. The largest absolute Gasteiger partial charge is 0.344 e. The molecule has 0 saturated heterocycles. The van der Waals surface area contributed by atoms with E-state index in [-0.39, 0.29) is 22.7 Å². The number of hydrogen-bond donors (Lipinski definition) is 1. The Labute approximate surface area is 140 Å². The van der Waals surface area contributed by atoms with Gasteiger partial charge in [0.25, 0.3) is 5.91 Å². The number of hydrogen-bond acceptors (Lipinski definition) is 3. The molecular formula is C18H16ClN3O. The average molecular weight is 326 g/mol. The van der Waals surface area contributed by atoms with Gasteiger partial charge in [0.1, 0.15) is 11.8 Å². The Morgan fingerprint density at radius 1 is 1.35 bits per heavy atom. The normalized spacial score (nSPS) is 16.8. The number of aromatic nitrogens is 1. The first kappa shape index (κ1) is 15.5. The van der Waals surface area contributed by atoms with Crippen LogP contribution in [0.15, 0.2) is 36.5 Å². The SMILES string of the molecule is N#Cc1cnc(C(=O)NC2CCCCc3ccccc32)c(Cl)c1. The number of carbonyl (C=O) groups is 1. The number of nitriles is 1. The number of benzene rings is 1. The van der Waals surface area contributed by atoms with Gasteiger partial charge in [-0.2, -0.15) is 5.26 Å². The molecule has 1 unspecified atom stereocenters. The standard InChI is InChI=1S/C18H16ClN3O/c19-15-9-12(10-20)11-21-17(15)18(23)22-16-8-4-2-6-13-5-1-3-7-14(13)16/h1,3,5,7,9,11,16H,2,4,6,8H2,(H,22,23). The molecule has 1 N–H and O–H groups in total. The minimum atomic E-state index is -0.304. The zero-order valence-electron chi connectivity index (χ0n) is 12.6. The van der Waals surface area contributed by atoms with Gasteiger partial charge in [0.2, 0.25) is 0 Å². The van der Waals surface area contributed by atoms with Crippen molar-refractivity contribution in [3.05, 3.63) is 63.9 Å². The molecule has 0 radical (unpaired) electrons. The minimum Gasteiger partial charge on any atom is -0.344 e. The van der Waals surface area contributed by atoms with Crippen molar-refractivity contribution in [2.24, 2.45) is 0 Å². The lowest BCUT2D eigenvalue weighted by atomic mass is 9.99. The van der Waals surface area contributed by atoms with Crippen LogP contribution in [0.3, 0.4) is 0 Å². The number of nitrogens with zero attached hydrogens (tertiary/aromatic N) is 2. The summed E-state index contributed by atoms with van der Waals surface area (Å²) < 4.78 is 0. The summed E-state index contributed by atoms with van der Waals surface area (Å²) in [6.45, 7) is 0. The van der Waals surface area contributed by atoms with Gasteiger partial charge >= 0.3 is 0 Å². The molecule has 4 nitrogen and oxygen atoms in total. The van der Waals surface area contributed by atoms with Crippen molar-refractivity contribution in [3.63, 3.8) is 0 Å². The Morgan fingerprint density at radius 3 is 2.96 bits per heavy atom. The van der Waals surface area contributed by atoms with Crippen molar-refractivity contribution >= 4 is 17.5 Å². The van der Waals surface area contributed by atoms with Crippen LogP contribution in [0.4, 0.5) is 0 Å². The second-order valence-electron chi connectivity index (χ2n) is 5.64. The summed E-state index contributed by atoms with van der Waals surface area (Å²) in [5.41, 5.74) is 2.95. The third-order valence-electron chi connectivity index (χ3n) is 4.11. The summed E-state index contributed by atoms with van der Waals surface area (Å²) in [6.07, 6.45) is 5.49. The fourth-order valence-electron chi connectivity index (χ4n) is 2.96. The molecule has 0 bridgehead atoms. The average Bonchev–Trinajstić information content (AvgIpc) is 2.77. The van der Waals surface area contributed by atoms with Crippen LogP contribution in [-0.2, 0) is 6.42 Å². The van der Waals surface area contributed by atoms with E-state index in [9.17, 15) is 4.79 Å². The molecule has 1 amide bonds. The maximum absolute atomic E-state index is 12.5. The highest BCUT2D eigenvalue weighted by Gasteiger charge is 2.22. The second kappa shape index (κ2) is 6.80. The van der Waals surface area contributed by atoms with E-state index in [2.05, 4.69) is 22.4 Å². The van der Waals surface area contributed by atoms with Crippen molar-refractivity contribution in [3.8, 4) is 6.07 Å². The zero-order chi connectivity index (χ0) is 16.2. The van der Waals surface area contributed by atoms with E-state index in [0.29, 0.717) is 5.56 Å². The van der Waals surface area contributed by atoms with Gasteiger partial charge < -0.3 is 5.32 Å². The van der Waals surface area contributed by atoms with E-state index in [0.717, 1.165) is 25.7 Å². The summed E-state index contributed by atoms with van der Waals surface area (Å²) in [7, 11) is 0. The lowest BCUT2D eigenvalue weighted by Gasteiger charge is -2.19. The number of fused-ring (bicyclic) bond motifs is 1. The van der Waals surface area contributed by atoms with Gasteiger partial charge in [-0.3, -0.25) is 4.79 Å². The smallest absolute Gasteiger partial charge is 0.271 e. The highest BCUT2D eigenvalue weighted by molar-refractivity contribution is 6.33. The van der Waals surface area contributed by atoms with Crippen LogP contribution >= 0.6 is 11.6 Å². The van der Waals surface area contributed by atoms with Gasteiger partial charge in [-0.05, 0) is 36.5 Å². The van der Waals surface area contributed by atoms with E-state index < -0.39 is 0 Å². The molecule has 1 aromatic carbocycles. The first-order chi connectivity index (χ1) is 11.2. The highest BCUT2D eigenvalue weighted by atomic mass is 35.5. The number of aryl methyl sites for hydroxylation is 1. The third kappa shape index (κ3) is 3.35. The highest BCUT2D eigenvalue weighted by Crippen LogP contribution is 2.29. The van der Waals surface area contributed by atoms with Gasteiger partial charge in [0, 0.05) is 6.20 Å². The van der Waals surface area contributed by atoms with Gasteiger partial charge in [-0.15, -0.1) is 0 Å². The zero-order valence-corrected chi connectivity index (χ0v) is 13.3. The molecule has 0 saturated carbocycles. The summed E-state index contributed by atoms with van der Waals surface area (Å²) in [5.74, 6) is -0.304.